The summed E-state index contributed by atoms with van der Waals surface area (Å²) in [5.74, 6) is 0.899. The van der Waals surface area contributed by atoms with Crippen molar-refractivity contribution in [2.75, 3.05) is 11.4 Å². The maximum atomic E-state index is 7.42. The Morgan fingerprint density at radius 2 is 2.24 bits per heavy atom. The minimum absolute atomic E-state index is 0.0319. The SMILES string of the molecule is N=C(N)c1ccc(N2CC3CCC2C3)cc1Cl. The number of benzene rings is 1. The molecule has 0 aromatic heterocycles. The first-order valence-electron chi connectivity index (χ1n) is 6.05. The van der Waals surface area contributed by atoms with Gasteiger partial charge < -0.3 is 10.6 Å². The van der Waals surface area contributed by atoms with Gasteiger partial charge in [-0.15, -0.1) is 0 Å². The van der Waals surface area contributed by atoms with E-state index >= 15 is 0 Å². The first-order chi connectivity index (χ1) is 8.15. The Morgan fingerprint density at radius 3 is 2.76 bits per heavy atom. The third kappa shape index (κ3) is 1.78. The molecule has 0 amide bonds. The van der Waals surface area contributed by atoms with E-state index in [2.05, 4.69) is 4.90 Å². The Bertz CT molecular complexity index is 472. The topological polar surface area (TPSA) is 53.1 Å². The van der Waals surface area contributed by atoms with Crippen LogP contribution in [-0.2, 0) is 0 Å². The molecule has 1 heterocycles. The molecule has 1 aliphatic carbocycles. The number of halogens is 1. The summed E-state index contributed by atoms with van der Waals surface area (Å²) in [6.45, 7) is 1.15. The van der Waals surface area contributed by atoms with E-state index in [1.54, 1.807) is 0 Å². The molecule has 2 bridgehead atoms. The van der Waals surface area contributed by atoms with E-state index in [1.807, 2.05) is 18.2 Å². The molecule has 2 unspecified atom stereocenters. The third-order valence-electron chi connectivity index (χ3n) is 3.98. The first kappa shape index (κ1) is 10.9. The summed E-state index contributed by atoms with van der Waals surface area (Å²) >= 11 is 6.16. The van der Waals surface area contributed by atoms with Crippen molar-refractivity contribution in [3.05, 3.63) is 28.8 Å². The van der Waals surface area contributed by atoms with E-state index in [4.69, 9.17) is 22.7 Å². The Hall–Kier alpha value is -1.22. The van der Waals surface area contributed by atoms with Gasteiger partial charge in [0, 0.05) is 23.8 Å². The molecule has 1 saturated carbocycles. The van der Waals surface area contributed by atoms with Crippen molar-refractivity contribution in [1.82, 2.24) is 0 Å². The third-order valence-corrected chi connectivity index (χ3v) is 4.30. The number of hydrogen-bond acceptors (Lipinski definition) is 2. The molecule has 1 aromatic rings. The van der Waals surface area contributed by atoms with E-state index < -0.39 is 0 Å². The zero-order valence-corrected chi connectivity index (χ0v) is 10.4. The van der Waals surface area contributed by atoms with Gasteiger partial charge in [-0.2, -0.15) is 0 Å². The largest absolute Gasteiger partial charge is 0.384 e. The van der Waals surface area contributed by atoms with E-state index in [1.165, 1.54) is 24.9 Å². The van der Waals surface area contributed by atoms with Gasteiger partial charge in [0.05, 0.1) is 5.02 Å². The van der Waals surface area contributed by atoms with Gasteiger partial charge in [-0.1, -0.05) is 11.6 Å². The summed E-state index contributed by atoms with van der Waals surface area (Å²) in [5.41, 5.74) is 7.26. The summed E-state index contributed by atoms with van der Waals surface area (Å²) in [5, 5.41) is 8.00. The lowest BCUT2D eigenvalue weighted by Gasteiger charge is -2.29. The van der Waals surface area contributed by atoms with Crippen molar-refractivity contribution in [2.24, 2.45) is 11.7 Å². The highest BCUT2D eigenvalue weighted by molar-refractivity contribution is 6.34. The molecular formula is C13H16ClN3. The second-order valence-electron chi connectivity index (χ2n) is 5.06. The fourth-order valence-corrected chi connectivity index (χ4v) is 3.42. The maximum Gasteiger partial charge on any atom is 0.124 e. The molecule has 0 spiro atoms. The molecule has 90 valence electrons. The number of nitrogens with one attached hydrogen (secondary N) is 1. The van der Waals surface area contributed by atoms with Crippen molar-refractivity contribution >= 4 is 23.1 Å². The summed E-state index contributed by atoms with van der Waals surface area (Å²) in [4.78, 5) is 2.45. The average Bonchev–Trinajstić information content (AvgIpc) is 2.89. The molecule has 2 atom stereocenters. The van der Waals surface area contributed by atoms with Crippen LogP contribution in [0.5, 0.6) is 0 Å². The smallest absolute Gasteiger partial charge is 0.124 e. The highest BCUT2D eigenvalue weighted by atomic mass is 35.5. The van der Waals surface area contributed by atoms with Crippen molar-refractivity contribution in [2.45, 2.75) is 25.3 Å². The Morgan fingerprint density at radius 1 is 1.41 bits per heavy atom. The number of nitrogens with zero attached hydrogens (tertiary/aromatic N) is 1. The van der Waals surface area contributed by atoms with Gasteiger partial charge >= 0.3 is 0 Å². The minimum Gasteiger partial charge on any atom is -0.384 e. The van der Waals surface area contributed by atoms with Crippen LogP contribution in [0.4, 0.5) is 5.69 Å². The second kappa shape index (κ2) is 3.91. The fourth-order valence-electron chi connectivity index (χ4n) is 3.14. The van der Waals surface area contributed by atoms with Gasteiger partial charge in [-0.05, 0) is 43.4 Å². The van der Waals surface area contributed by atoms with Crippen LogP contribution >= 0.6 is 11.6 Å². The number of amidine groups is 1. The number of rotatable bonds is 2. The highest BCUT2D eigenvalue weighted by Crippen LogP contribution is 2.40. The number of anilines is 1. The quantitative estimate of drug-likeness (QED) is 0.625. The molecule has 1 saturated heterocycles. The number of fused-ring (bicyclic) bond motifs is 2. The van der Waals surface area contributed by atoms with Crippen LogP contribution < -0.4 is 10.6 Å². The van der Waals surface area contributed by atoms with E-state index in [9.17, 15) is 0 Å². The predicted molar refractivity (Wildman–Crippen MR) is 70.9 cm³/mol. The fraction of sp³-hybridized carbons (Fsp3) is 0.462. The van der Waals surface area contributed by atoms with Gasteiger partial charge in [0.2, 0.25) is 0 Å². The summed E-state index contributed by atoms with van der Waals surface area (Å²) in [6, 6.07) is 6.52. The van der Waals surface area contributed by atoms with Crippen LogP contribution in [0.25, 0.3) is 0 Å². The van der Waals surface area contributed by atoms with Crippen molar-refractivity contribution in [1.29, 1.82) is 5.41 Å². The number of hydrogen-bond donors (Lipinski definition) is 2. The zero-order valence-electron chi connectivity index (χ0n) is 9.62. The van der Waals surface area contributed by atoms with Crippen molar-refractivity contribution < 1.29 is 0 Å². The van der Waals surface area contributed by atoms with Crippen LogP contribution in [0, 0.1) is 11.3 Å². The summed E-state index contributed by atoms with van der Waals surface area (Å²) in [6.07, 6.45) is 4.00. The molecule has 3 N–H and O–H groups in total. The number of nitrogen functional groups attached to an aromatic ring is 1. The van der Waals surface area contributed by atoms with Gasteiger partial charge in [0.15, 0.2) is 0 Å². The summed E-state index contributed by atoms with van der Waals surface area (Å²) in [7, 11) is 0. The van der Waals surface area contributed by atoms with Crippen LogP contribution in [0.15, 0.2) is 18.2 Å². The molecule has 3 rings (SSSR count). The molecular weight excluding hydrogens is 234 g/mol. The minimum atomic E-state index is 0.0319. The predicted octanol–water partition coefficient (Wildman–Crippen LogP) is 2.61. The average molecular weight is 250 g/mol. The van der Waals surface area contributed by atoms with Gasteiger partial charge in [0.25, 0.3) is 0 Å². The van der Waals surface area contributed by atoms with Crippen molar-refractivity contribution in [3.63, 3.8) is 0 Å². The van der Waals surface area contributed by atoms with Gasteiger partial charge in [-0.25, -0.2) is 0 Å². The molecule has 0 radical (unpaired) electrons. The second-order valence-corrected chi connectivity index (χ2v) is 5.47. The molecule has 3 nitrogen and oxygen atoms in total. The molecule has 2 aliphatic rings. The molecule has 1 aromatic carbocycles. The standard InChI is InChI=1S/C13H16ClN3/c14-12-6-10(3-4-11(12)13(15)16)17-7-8-1-2-9(17)5-8/h3-4,6,8-9H,1-2,5,7H2,(H3,15,16). The van der Waals surface area contributed by atoms with E-state index in [-0.39, 0.29) is 5.84 Å². The monoisotopic (exact) mass is 249 g/mol. The lowest BCUT2D eigenvalue weighted by Crippen LogP contribution is -2.31. The van der Waals surface area contributed by atoms with Gasteiger partial charge in [0.1, 0.15) is 5.84 Å². The molecule has 2 fully saturated rings. The molecule has 17 heavy (non-hydrogen) atoms. The Labute approximate surface area is 106 Å². The Kier molecular flexibility index (Phi) is 2.51. The van der Waals surface area contributed by atoms with E-state index in [0.29, 0.717) is 16.6 Å². The lowest BCUT2D eigenvalue weighted by molar-refractivity contribution is 0.553. The Balaban J connectivity index is 1.89. The zero-order chi connectivity index (χ0) is 12.0. The van der Waals surface area contributed by atoms with Crippen LogP contribution in [-0.4, -0.2) is 18.4 Å². The van der Waals surface area contributed by atoms with Crippen molar-refractivity contribution in [3.8, 4) is 0 Å². The first-order valence-corrected chi connectivity index (χ1v) is 6.43. The van der Waals surface area contributed by atoms with Crippen LogP contribution in [0.2, 0.25) is 5.02 Å². The molecule has 1 aliphatic heterocycles. The van der Waals surface area contributed by atoms with Crippen LogP contribution in [0.1, 0.15) is 24.8 Å². The van der Waals surface area contributed by atoms with Gasteiger partial charge in [-0.3, -0.25) is 5.41 Å². The highest BCUT2D eigenvalue weighted by Gasteiger charge is 2.37. The van der Waals surface area contributed by atoms with E-state index in [0.717, 1.165) is 12.5 Å². The number of nitrogens with two attached hydrogens (primary N) is 1. The molecule has 4 heteroatoms. The number of piperidine rings is 1. The van der Waals surface area contributed by atoms with Crippen LogP contribution in [0.3, 0.4) is 0 Å². The maximum absolute atomic E-state index is 7.42. The normalized spacial score (nSPS) is 26.5. The summed E-state index contributed by atoms with van der Waals surface area (Å²) < 4.78 is 0. The lowest BCUT2D eigenvalue weighted by atomic mass is 10.1.